The Labute approximate surface area is 80.7 Å². The van der Waals surface area contributed by atoms with Crippen LogP contribution in [0.15, 0.2) is 23.4 Å². The van der Waals surface area contributed by atoms with Gasteiger partial charge in [-0.05, 0) is 24.8 Å². The predicted octanol–water partition coefficient (Wildman–Crippen LogP) is 2.63. The number of rotatable bonds is 3. The summed E-state index contributed by atoms with van der Waals surface area (Å²) in [5, 5.41) is 2.57. The highest BCUT2D eigenvalue weighted by Gasteiger charge is 2.14. The van der Waals surface area contributed by atoms with Gasteiger partial charge in [0.25, 0.3) is 0 Å². The second-order valence-electron chi connectivity index (χ2n) is 4.36. The van der Waals surface area contributed by atoms with Crippen molar-refractivity contribution in [3.8, 4) is 0 Å². The Bertz CT molecular complexity index is 227. The normalized spacial score (nSPS) is 12.2. The van der Waals surface area contributed by atoms with E-state index in [1.807, 2.05) is 13.8 Å². The van der Waals surface area contributed by atoms with Gasteiger partial charge in [-0.15, -0.1) is 0 Å². The van der Waals surface area contributed by atoms with Crippen LogP contribution in [0.3, 0.4) is 0 Å². The van der Waals surface area contributed by atoms with Gasteiger partial charge in [-0.1, -0.05) is 32.4 Å². The Balaban J connectivity index is 4.76. The molecule has 0 aromatic carbocycles. The van der Waals surface area contributed by atoms with Gasteiger partial charge in [-0.2, -0.15) is 0 Å². The molecule has 0 aliphatic rings. The van der Waals surface area contributed by atoms with Crippen molar-refractivity contribution in [2.75, 3.05) is 0 Å². The highest BCUT2D eigenvalue weighted by Crippen LogP contribution is 2.26. The minimum Gasteiger partial charge on any atom is -0.335 e. The van der Waals surface area contributed by atoms with Crippen molar-refractivity contribution in [2.24, 2.45) is 5.41 Å². The zero-order chi connectivity index (χ0) is 10.5. The molecule has 0 saturated heterocycles. The largest absolute Gasteiger partial charge is 0.335 e. The van der Waals surface area contributed by atoms with Crippen LogP contribution in [0, 0.1) is 5.41 Å². The molecule has 0 radical (unpaired) electrons. The first-order chi connectivity index (χ1) is 5.88. The van der Waals surface area contributed by atoms with Gasteiger partial charge in [0.2, 0.25) is 6.41 Å². The molecule has 0 saturated carbocycles. The molecule has 74 valence electrons. The zero-order valence-electron chi connectivity index (χ0n) is 9.14. The average Bonchev–Trinajstić information content (AvgIpc) is 1.95. The summed E-state index contributed by atoms with van der Waals surface area (Å²) in [5.74, 6) is 0. The quantitative estimate of drug-likeness (QED) is 0.526. The summed E-state index contributed by atoms with van der Waals surface area (Å²) < 4.78 is 0. The van der Waals surface area contributed by atoms with Gasteiger partial charge >= 0.3 is 0 Å². The highest BCUT2D eigenvalue weighted by molar-refractivity contribution is 5.49. The number of allylic oxidation sites excluding steroid dienone is 3. The van der Waals surface area contributed by atoms with E-state index in [1.54, 1.807) is 6.20 Å². The van der Waals surface area contributed by atoms with Gasteiger partial charge in [0.1, 0.15) is 0 Å². The lowest BCUT2D eigenvalue weighted by molar-refractivity contribution is -0.108. The summed E-state index contributed by atoms with van der Waals surface area (Å²) in [4.78, 5) is 10.1. The Morgan fingerprint density at radius 2 is 1.77 bits per heavy atom. The molecule has 0 heterocycles. The van der Waals surface area contributed by atoms with Crippen LogP contribution in [0.4, 0.5) is 0 Å². The highest BCUT2D eigenvalue weighted by atomic mass is 16.1. The standard InChI is InChI=1S/C11H19NO/c1-9(2)6-10(7-12-8-13)11(3,4)5/h6-8H,1-5H3,(H,12,13)/b10-7+. The van der Waals surface area contributed by atoms with Crippen molar-refractivity contribution >= 4 is 6.41 Å². The third kappa shape index (κ3) is 5.23. The smallest absolute Gasteiger partial charge is 0.211 e. The second-order valence-corrected chi connectivity index (χ2v) is 4.36. The number of carbonyl (C=O) groups excluding carboxylic acids is 1. The maximum atomic E-state index is 10.1. The molecule has 2 nitrogen and oxygen atoms in total. The van der Waals surface area contributed by atoms with Crippen molar-refractivity contribution in [3.63, 3.8) is 0 Å². The maximum Gasteiger partial charge on any atom is 0.211 e. The first-order valence-corrected chi connectivity index (χ1v) is 4.43. The monoisotopic (exact) mass is 181 g/mol. The van der Waals surface area contributed by atoms with E-state index in [0.717, 1.165) is 5.57 Å². The lowest BCUT2D eigenvalue weighted by atomic mass is 9.86. The molecule has 0 aromatic rings. The molecule has 0 aromatic heterocycles. The van der Waals surface area contributed by atoms with Gasteiger partial charge in [-0.25, -0.2) is 0 Å². The number of hydrogen-bond donors (Lipinski definition) is 1. The molecule has 0 aliphatic heterocycles. The molecule has 0 unspecified atom stereocenters. The molecular formula is C11H19NO. The van der Waals surface area contributed by atoms with Crippen LogP contribution in [0.2, 0.25) is 0 Å². The molecule has 0 spiro atoms. The van der Waals surface area contributed by atoms with Crippen LogP contribution in [-0.4, -0.2) is 6.41 Å². The van der Waals surface area contributed by atoms with Gasteiger partial charge in [0.05, 0.1) is 0 Å². The summed E-state index contributed by atoms with van der Waals surface area (Å²) >= 11 is 0. The van der Waals surface area contributed by atoms with E-state index in [-0.39, 0.29) is 5.41 Å². The van der Waals surface area contributed by atoms with Gasteiger partial charge in [0, 0.05) is 6.20 Å². The van der Waals surface area contributed by atoms with Crippen LogP contribution in [0.25, 0.3) is 0 Å². The van der Waals surface area contributed by atoms with Crippen LogP contribution in [-0.2, 0) is 4.79 Å². The second kappa shape index (κ2) is 4.85. The maximum absolute atomic E-state index is 10.1. The summed E-state index contributed by atoms with van der Waals surface area (Å²) in [6, 6.07) is 0. The lowest BCUT2D eigenvalue weighted by Crippen LogP contribution is -2.12. The van der Waals surface area contributed by atoms with Crippen molar-refractivity contribution in [1.82, 2.24) is 5.32 Å². The summed E-state index contributed by atoms with van der Waals surface area (Å²) in [5.41, 5.74) is 2.42. The molecule has 13 heavy (non-hydrogen) atoms. The Hall–Kier alpha value is -1.05. The van der Waals surface area contributed by atoms with E-state index in [0.29, 0.717) is 6.41 Å². The van der Waals surface area contributed by atoms with E-state index in [9.17, 15) is 4.79 Å². The molecular weight excluding hydrogens is 162 g/mol. The van der Waals surface area contributed by atoms with Crippen LogP contribution in [0.1, 0.15) is 34.6 Å². The van der Waals surface area contributed by atoms with Gasteiger partial charge in [0.15, 0.2) is 0 Å². The Morgan fingerprint density at radius 3 is 2.08 bits per heavy atom. The van der Waals surface area contributed by atoms with Crippen LogP contribution >= 0.6 is 0 Å². The third-order valence-electron chi connectivity index (χ3n) is 1.62. The fraction of sp³-hybridized carbons (Fsp3) is 0.545. The van der Waals surface area contributed by atoms with Crippen molar-refractivity contribution in [3.05, 3.63) is 23.4 Å². The fourth-order valence-electron chi connectivity index (χ4n) is 0.909. The van der Waals surface area contributed by atoms with E-state index < -0.39 is 0 Å². The van der Waals surface area contributed by atoms with Gasteiger partial charge < -0.3 is 5.32 Å². The minimum absolute atomic E-state index is 0.0628. The predicted molar refractivity (Wildman–Crippen MR) is 56.2 cm³/mol. The molecule has 0 aliphatic carbocycles. The molecule has 2 heteroatoms. The third-order valence-corrected chi connectivity index (χ3v) is 1.62. The van der Waals surface area contributed by atoms with Crippen molar-refractivity contribution in [2.45, 2.75) is 34.6 Å². The summed E-state index contributed by atoms with van der Waals surface area (Å²) in [6.45, 7) is 10.4. The first-order valence-electron chi connectivity index (χ1n) is 4.43. The molecule has 0 rings (SSSR count). The zero-order valence-corrected chi connectivity index (χ0v) is 9.14. The lowest BCUT2D eigenvalue weighted by Gasteiger charge is -2.20. The number of nitrogens with one attached hydrogen (secondary N) is 1. The SMILES string of the molecule is CC(C)=C/C(=C\NC=O)C(C)(C)C. The Morgan fingerprint density at radius 1 is 1.23 bits per heavy atom. The van der Waals surface area contributed by atoms with Crippen molar-refractivity contribution in [1.29, 1.82) is 0 Å². The summed E-state index contributed by atoms with van der Waals surface area (Å²) in [7, 11) is 0. The fourth-order valence-corrected chi connectivity index (χ4v) is 0.909. The van der Waals surface area contributed by atoms with Crippen molar-refractivity contribution < 1.29 is 4.79 Å². The van der Waals surface area contributed by atoms with Crippen LogP contribution < -0.4 is 5.32 Å². The van der Waals surface area contributed by atoms with E-state index in [4.69, 9.17) is 0 Å². The minimum atomic E-state index is 0.0628. The molecule has 0 atom stereocenters. The topological polar surface area (TPSA) is 29.1 Å². The number of carbonyl (C=O) groups is 1. The molecule has 1 N–H and O–H groups in total. The molecule has 1 amide bonds. The average molecular weight is 181 g/mol. The Kier molecular flexibility index (Phi) is 4.46. The van der Waals surface area contributed by atoms with E-state index in [2.05, 4.69) is 32.2 Å². The summed E-state index contributed by atoms with van der Waals surface area (Å²) in [6.07, 6.45) is 4.51. The molecule has 0 fully saturated rings. The van der Waals surface area contributed by atoms with Crippen LogP contribution in [0.5, 0.6) is 0 Å². The first kappa shape index (κ1) is 11.9. The number of hydrogen-bond acceptors (Lipinski definition) is 1. The van der Waals surface area contributed by atoms with Gasteiger partial charge in [-0.3, -0.25) is 4.79 Å². The van der Waals surface area contributed by atoms with E-state index in [1.165, 1.54) is 5.57 Å². The van der Waals surface area contributed by atoms with E-state index >= 15 is 0 Å². The molecule has 0 bridgehead atoms. The number of amides is 1.